The fourth-order valence-electron chi connectivity index (χ4n) is 6.59. The molecular formula is C36H58N4O8. The van der Waals surface area contributed by atoms with Gasteiger partial charge in [-0.3, -0.25) is 19.2 Å². The van der Waals surface area contributed by atoms with E-state index in [0.717, 1.165) is 31.2 Å². The summed E-state index contributed by atoms with van der Waals surface area (Å²) in [5.74, 6) is -2.23. The standard InChI is InChI=1S/C36H58N4O8/c1-9-11-19-40(32(43)23-37-26(5)41)33(24(3)10-2)30(46-6)22-31(42)39-20-15-18-29(39)34(47-7)25(4)35(44)38-28(36(45)48-8)21-27-16-13-12-14-17-27/h12-14,16-17,24-25,28-30,33-34H,9-11,15,18-23H2,1-8H3,(H,37,41)(H,38,44). The van der Waals surface area contributed by atoms with Gasteiger partial charge < -0.3 is 34.6 Å². The number of hydrogen-bond acceptors (Lipinski definition) is 8. The molecule has 1 heterocycles. The highest BCUT2D eigenvalue weighted by Crippen LogP contribution is 2.29. The summed E-state index contributed by atoms with van der Waals surface area (Å²) in [6.45, 7) is 10.1. The molecule has 7 unspecified atom stereocenters. The number of unbranched alkanes of at least 4 members (excludes halogenated alkanes) is 1. The number of amides is 4. The van der Waals surface area contributed by atoms with Crippen molar-refractivity contribution in [1.29, 1.82) is 0 Å². The number of benzene rings is 1. The van der Waals surface area contributed by atoms with Gasteiger partial charge in [0.15, 0.2) is 0 Å². The van der Waals surface area contributed by atoms with Crippen LogP contribution in [0.4, 0.5) is 0 Å². The van der Waals surface area contributed by atoms with Crippen LogP contribution in [0.25, 0.3) is 0 Å². The molecule has 0 saturated carbocycles. The van der Waals surface area contributed by atoms with E-state index in [1.165, 1.54) is 21.1 Å². The van der Waals surface area contributed by atoms with Crippen LogP contribution in [0, 0.1) is 11.8 Å². The monoisotopic (exact) mass is 674 g/mol. The van der Waals surface area contributed by atoms with Crippen LogP contribution in [0.15, 0.2) is 30.3 Å². The molecule has 4 amide bonds. The molecule has 12 heteroatoms. The van der Waals surface area contributed by atoms with Crippen LogP contribution in [0.3, 0.4) is 0 Å². The maximum absolute atomic E-state index is 14.1. The van der Waals surface area contributed by atoms with Gasteiger partial charge in [0.25, 0.3) is 0 Å². The molecule has 48 heavy (non-hydrogen) atoms. The number of carbonyl (C=O) groups excluding carboxylic acids is 5. The maximum Gasteiger partial charge on any atom is 0.328 e. The summed E-state index contributed by atoms with van der Waals surface area (Å²) in [6.07, 6.45) is 2.90. The van der Waals surface area contributed by atoms with Crippen LogP contribution < -0.4 is 10.6 Å². The number of ether oxygens (including phenoxy) is 3. The molecule has 0 spiro atoms. The van der Waals surface area contributed by atoms with Crippen LogP contribution >= 0.6 is 0 Å². The van der Waals surface area contributed by atoms with Crippen LogP contribution in [-0.4, -0.2) is 111 Å². The van der Waals surface area contributed by atoms with Gasteiger partial charge in [0, 0.05) is 40.7 Å². The van der Waals surface area contributed by atoms with E-state index in [1.807, 2.05) is 51.1 Å². The van der Waals surface area contributed by atoms with E-state index in [4.69, 9.17) is 14.2 Å². The minimum absolute atomic E-state index is 0.0179. The topological polar surface area (TPSA) is 144 Å². The third-order valence-electron chi connectivity index (χ3n) is 9.47. The number of hydrogen-bond donors (Lipinski definition) is 2. The quantitative estimate of drug-likeness (QED) is 0.201. The summed E-state index contributed by atoms with van der Waals surface area (Å²) in [5.41, 5.74) is 0.880. The summed E-state index contributed by atoms with van der Waals surface area (Å²) in [6, 6.07) is 7.74. The Labute approximate surface area is 286 Å². The number of nitrogens with zero attached hydrogens (tertiary/aromatic N) is 2. The molecular weight excluding hydrogens is 616 g/mol. The number of rotatable bonds is 20. The largest absolute Gasteiger partial charge is 0.467 e. The molecule has 270 valence electrons. The number of nitrogens with one attached hydrogen (secondary N) is 2. The number of carbonyl (C=O) groups is 5. The third kappa shape index (κ3) is 11.6. The molecule has 7 atom stereocenters. The van der Waals surface area contributed by atoms with Gasteiger partial charge in [-0.2, -0.15) is 0 Å². The molecule has 1 fully saturated rings. The molecule has 0 bridgehead atoms. The van der Waals surface area contributed by atoms with Crippen molar-refractivity contribution in [2.24, 2.45) is 11.8 Å². The van der Waals surface area contributed by atoms with Gasteiger partial charge in [0.05, 0.1) is 50.3 Å². The van der Waals surface area contributed by atoms with Gasteiger partial charge in [-0.05, 0) is 30.7 Å². The Hall–Kier alpha value is -3.51. The zero-order valence-corrected chi connectivity index (χ0v) is 30.2. The normalized spacial score (nSPS) is 18.2. The minimum Gasteiger partial charge on any atom is -0.467 e. The van der Waals surface area contributed by atoms with E-state index < -0.39 is 30.1 Å². The van der Waals surface area contributed by atoms with Gasteiger partial charge in [-0.25, -0.2) is 4.79 Å². The van der Waals surface area contributed by atoms with Crippen molar-refractivity contribution in [2.75, 3.05) is 41.0 Å². The van der Waals surface area contributed by atoms with E-state index in [2.05, 4.69) is 10.6 Å². The number of esters is 1. The summed E-state index contributed by atoms with van der Waals surface area (Å²) in [4.78, 5) is 68.8. The SMILES string of the molecule is CCCCN(C(=O)CNC(C)=O)C(C(C)CC)C(CC(=O)N1CCCC1C(OC)C(C)C(=O)NC(Cc1ccccc1)C(=O)OC)OC. The Balaban J connectivity index is 2.26. The second-order valence-electron chi connectivity index (χ2n) is 12.8. The third-order valence-corrected chi connectivity index (χ3v) is 9.47. The zero-order chi connectivity index (χ0) is 35.8. The predicted octanol–water partition coefficient (Wildman–Crippen LogP) is 3.11. The summed E-state index contributed by atoms with van der Waals surface area (Å²) < 4.78 is 16.8. The van der Waals surface area contributed by atoms with E-state index in [0.29, 0.717) is 19.5 Å². The fraction of sp³-hybridized carbons (Fsp3) is 0.694. The van der Waals surface area contributed by atoms with Gasteiger partial charge in [-0.15, -0.1) is 0 Å². The zero-order valence-electron chi connectivity index (χ0n) is 30.2. The van der Waals surface area contributed by atoms with Crippen molar-refractivity contribution in [3.05, 3.63) is 35.9 Å². The Kier molecular flexibility index (Phi) is 17.6. The fourth-order valence-corrected chi connectivity index (χ4v) is 6.59. The van der Waals surface area contributed by atoms with Crippen molar-refractivity contribution >= 4 is 29.6 Å². The van der Waals surface area contributed by atoms with Crippen LogP contribution in [0.2, 0.25) is 0 Å². The highest BCUT2D eigenvalue weighted by atomic mass is 16.5. The first-order chi connectivity index (χ1) is 22.9. The first-order valence-corrected chi connectivity index (χ1v) is 17.2. The molecule has 1 aromatic rings. The Morgan fingerprint density at radius 1 is 1.02 bits per heavy atom. The smallest absolute Gasteiger partial charge is 0.328 e. The molecule has 0 aliphatic carbocycles. The molecule has 0 radical (unpaired) electrons. The Morgan fingerprint density at radius 3 is 2.27 bits per heavy atom. The molecule has 1 aliphatic rings. The predicted molar refractivity (Wildman–Crippen MR) is 183 cm³/mol. The van der Waals surface area contributed by atoms with Gasteiger partial charge in [0.2, 0.25) is 23.6 Å². The highest BCUT2D eigenvalue weighted by molar-refractivity contribution is 5.86. The van der Waals surface area contributed by atoms with E-state index in [-0.39, 0.29) is 61.0 Å². The van der Waals surface area contributed by atoms with E-state index in [1.54, 1.807) is 23.8 Å². The average molecular weight is 675 g/mol. The maximum atomic E-state index is 14.1. The van der Waals surface area contributed by atoms with Crippen LogP contribution in [0.5, 0.6) is 0 Å². The molecule has 0 aromatic heterocycles. The average Bonchev–Trinajstić information content (AvgIpc) is 3.57. The number of likely N-dealkylation sites (tertiary alicyclic amines) is 1. The van der Waals surface area contributed by atoms with Gasteiger partial charge >= 0.3 is 5.97 Å². The first kappa shape index (κ1) is 40.7. The van der Waals surface area contributed by atoms with E-state index >= 15 is 0 Å². The molecule has 2 rings (SSSR count). The van der Waals surface area contributed by atoms with Crippen molar-refractivity contribution in [2.45, 2.75) is 110 Å². The molecule has 1 aromatic carbocycles. The first-order valence-electron chi connectivity index (χ1n) is 17.2. The summed E-state index contributed by atoms with van der Waals surface area (Å²) >= 11 is 0. The van der Waals surface area contributed by atoms with Crippen molar-refractivity contribution in [1.82, 2.24) is 20.4 Å². The second-order valence-corrected chi connectivity index (χ2v) is 12.8. The molecule has 1 saturated heterocycles. The van der Waals surface area contributed by atoms with Crippen LogP contribution in [0.1, 0.15) is 78.7 Å². The lowest BCUT2D eigenvalue weighted by molar-refractivity contribution is -0.148. The lowest BCUT2D eigenvalue weighted by Gasteiger charge is -2.41. The van der Waals surface area contributed by atoms with Crippen LogP contribution in [-0.2, 0) is 44.6 Å². The summed E-state index contributed by atoms with van der Waals surface area (Å²) in [7, 11) is 4.37. The molecule has 12 nitrogen and oxygen atoms in total. The lowest BCUT2D eigenvalue weighted by Crippen LogP contribution is -2.56. The molecule has 1 aliphatic heterocycles. The summed E-state index contributed by atoms with van der Waals surface area (Å²) in [5, 5.41) is 5.47. The van der Waals surface area contributed by atoms with Crippen molar-refractivity contribution < 1.29 is 38.2 Å². The van der Waals surface area contributed by atoms with Crippen molar-refractivity contribution in [3.8, 4) is 0 Å². The number of methoxy groups -OCH3 is 3. The van der Waals surface area contributed by atoms with Gasteiger partial charge in [-0.1, -0.05) is 70.9 Å². The highest BCUT2D eigenvalue weighted by Gasteiger charge is 2.42. The minimum atomic E-state index is -0.880. The Bertz CT molecular complexity index is 1180. The lowest BCUT2D eigenvalue weighted by atomic mass is 9.89. The molecule has 2 N–H and O–H groups in total. The van der Waals surface area contributed by atoms with Crippen molar-refractivity contribution in [3.63, 3.8) is 0 Å². The van der Waals surface area contributed by atoms with Gasteiger partial charge in [0.1, 0.15) is 6.04 Å². The Morgan fingerprint density at radius 2 is 1.71 bits per heavy atom. The van der Waals surface area contributed by atoms with E-state index in [9.17, 15) is 24.0 Å². The second kappa shape index (κ2) is 20.8.